The number of aromatic hydroxyl groups is 1. The average molecular weight is 594 g/mol. The van der Waals surface area contributed by atoms with Crippen molar-refractivity contribution >= 4 is 29.7 Å². The first-order chi connectivity index (χ1) is 20.0. The summed E-state index contributed by atoms with van der Waals surface area (Å²) in [6.07, 6.45) is 3.20. The van der Waals surface area contributed by atoms with Gasteiger partial charge in [0.05, 0.1) is 6.04 Å². The SMILES string of the molecule is NCCCCC(NC(=O)C(CCCCN)NC(=O)C(CCCN=C(N)N)NC(=O)C(N)Cc1ccc(O)cc1)C(=O)O. The summed E-state index contributed by atoms with van der Waals surface area (Å²) in [5.41, 5.74) is 28.6. The van der Waals surface area contributed by atoms with Crippen LogP contribution in [0.1, 0.15) is 56.9 Å². The molecule has 1 aromatic carbocycles. The van der Waals surface area contributed by atoms with E-state index < -0.39 is 47.9 Å². The number of nitrogens with one attached hydrogen (secondary N) is 3. The van der Waals surface area contributed by atoms with Crippen molar-refractivity contribution in [3.05, 3.63) is 29.8 Å². The van der Waals surface area contributed by atoms with Gasteiger partial charge in [-0.15, -0.1) is 0 Å². The molecule has 42 heavy (non-hydrogen) atoms. The van der Waals surface area contributed by atoms with Crippen LogP contribution in [0.3, 0.4) is 0 Å². The van der Waals surface area contributed by atoms with Gasteiger partial charge < -0.3 is 54.8 Å². The van der Waals surface area contributed by atoms with Gasteiger partial charge in [0, 0.05) is 6.54 Å². The number of guanidine groups is 1. The summed E-state index contributed by atoms with van der Waals surface area (Å²) in [5, 5.41) is 26.9. The topological polar surface area (TPSA) is 287 Å². The Labute approximate surface area is 246 Å². The molecule has 0 aliphatic rings. The number of aliphatic carboxylic acids is 1. The second-order valence-corrected chi connectivity index (χ2v) is 10.0. The van der Waals surface area contributed by atoms with Crippen LogP contribution < -0.4 is 44.6 Å². The van der Waals surface area contributed by atoms with E-state index in [-0.39, 0.29) is 43.9 Å². The number of aliphatic imine (C=N–C) groups is 1. The van der Waals surface area contributed by atoms with Crippen LogP contribution in [-0.4, -0.2) is 83.7 Å². The summed E-state index contributed by atoms with van der Waals surface area (Å²) in [4.78, 5) is 55.1. The highest BCUT2D eigenvalue weighted by Crippen LogP contribution is 2.12. The van der Waals surface area contributed by atoms with Crippen LogP contribution in [0.4, 0.5) is 0 Å². The summed E-state index contributed by atoms with van der Waals surface area (Å²) in [7, 11) is 0. The van der Waals surface area contributed by atoms with Crippen molar-refractivity contribution in [2.75, 3.05) is 19.6 Å². The van der Waals surface area contributed by atoms with Gasteiger partial charge in [0.25, 0.3) is 0 Å². The van der Waals surface area contributed by atoms with Gasteiger partial charge >= 0.3 is 5.97 Å². The van der Waals surface area contributed by atoms with Crippen molar-refractivity contribution in [2.24, 2.45) is 33.7 Å². The number of phenolic OH excluding ortho intramolecular Hbond substituents is 1. The fraction of sp³-hybridized carbons (Fsp3) is 0.593. The molecular weight excluding hydrogens is 546 g/mol. The average Bonchev–Trinajstić information content (AvgIpc) is 2.94. The molecule has 0 saturated carbocycles. The number of benzene rings is 1. The molecule has 4 atom stereocenters. The molecule has 0 bridgehead atoms. The Morgan fingerprint density at radius 2 is 1.21 bits per heavy atom. The zero-order chi connectivity index (χ0) is 31.5. The van der Waals surface area contributed by atoms with Crippen LogP contribution in [-0.2, 0) is 25.6 Å². The molecule has 15 N–H and O–H groups in total. The van der Waals surface area contributed by atoms with Crippen LogP contribution in [0.25, 0.3) is 0 Å². The van der Waals surface area contributed by atoms with Crippen molar-refractivity contribution in [1.29, 1.82) is 0 Å². The molecule has 0 saturated heterocycles. The highest BCUT2D eigenvalue weighted by atomic mass is 16.4. The summed E-state index contributed by atoms with van der Waals surface area (Å²) in [6, 6.07) is 1.92. The maximum Gasteiger partial charge on any atom is 0.326 e. The molecule has 0 heterocycles. The van der Waals surface area contributed by atoms with E-state index in [1.807, 2.05) is 0 Å². The van der Waals surface area contributed by atoms with E-state index in [4.69, 9.17) is 28.7 Å². The summed E-state index contributed by atoms with van der Waals surface area (Å²) in [5.74, 6) is -3.14. The Hall–Kier alpha value is -3.95. The lowest BCUT2D eigenvalue weighted by molar-refractivity contribution is -0.142. The van der Waals surface area contributed by atoms with E-state index in [2.05, 4.69) is 20.9 Å². The normalized spacial score (nSPS) is 13.7. The summed E-state index contributed by atoms with van der Waals surface area (Å²) < 4.78 is 0. The molecule has 0 fully saturated rings. The van der Waals surface area contributed by atoms with E-state index in [0.717, 1.165) is 0 Å². The minimum atomic E-state index is -1.19. The third-order valence-electron chi connectivity index (χ3n) is 6.45. The van der Waals surface area contributed by atoms with Crippen molar-refractivity contribution in [3.8, 4) is 5.75 Å². The minimum Gasteiger partial charge on any atom is -0.508 e. The van der Waals surface area contributed by atoms with Crippen LogP contribution in [0.5, 0.6) is 5.75 Å². The Balaban J connectivity index is 3.03. The monoisotopic (exact) mass is 593 g/mol. The van der Waals surface area contributed by atoms with E-state index >= 15 is 0 Å². The van der Waals surface area contributed by atoms with E-state index in [9.17, 15) is 29.4 Å². The predicted octanol–water partition coefficient (Wildman–Crippen LogP) is -1.89. The Morgan fingerprint density at radius 1 is 0.738 bits per heavy atom. The zero-order valence-electron chi connectivity index (χ0n) is 24.0. The molecule has 0 radical (unpaired) electrons. The maximum atomic E-state index is 13.4. The number of carboxylic acids is 1. The molecule has 3 amide bonds. The van der Waals surface area contributed by atoms with Gasteiger partial charge in [-0.25, -0.2) is 4.79 Å². The first-order valence-electron chi connectivity index (χ1n) is 14.1. The molecule has 0 aliphatic heterocycles. The van der Waals surface area contributed by atoms with Gasteiger partial charge in [-0.1, -0.05) is 12.1 Å². The van der Waals surface area contributed by atoms with E-state index in [0.29, 0.717) is 50.8 Å². The highest BCUT2D eigenvalue weighted by molar-refractivity contribution is 5.94. The molecule has 1 rings (SSSR count). The van der Waals surface area contributed by atoms with E-state index in [1.165, 1.54) is 12.1 Å². The maximum absolute atomic E-state index is 13.4. The first-order valence-corrected chi connectivity index (χ1v) is 14.1. The van der Waals surface area contributed by atoms with Crippen LogP contribution in [0.2, 0.25) is 0 Å². The lowest BCUT2D eigenvalue weighted by Gasteiger charge is -2.25. The Morgan fingerprint density at radius 3 is 1.71 bits per heavy atom. The van der Waals surface area contributed by atoms with Gasteiger partial charge in [-0.3, -0.25) is 19.4 Å². The van der Waals surface area contributed by atoms with Crippen molar-refractivity contribution in [2.45, 2.75) is 82.0 Å². The fourth-order valence-corrected chi connectivity index (χ4v) is 4.09. The number of unbranched alkanes of at least 4 members (excludes halogenated alkanes) is 2. The molecule has 15 heteroatoms. The fourth-order valence-electron chi connectivity index (χ4n) is 4.09. The molecule has 1 aromatic rings. The Bertz CT molecular complexity index is 1020. The van der Waals surface area contributed by atoms with Crippen molar-refractivity contribution < 1.29 is 29.4 Å². The predicted molar refractivity (Wildman–Crippen MR) is 159 cm³/mol. The number of rotatable bonds is 21. The number of amides is 3. The lowest BCUT2D eigenvalue weighted by atomic mass is 10.0. The molecule has 15 nitrogen and oxygen atoms in total. The van der Waals surface area contributed by atoms with Gasteiger partial charge in [0.15, 0.2) is 5.96 Å². The van der Waals surface area contributed by atoms with Crippen LogP contribution >= 0.6 is 0 Å². The third kappa shape index (κ3) is 14.6. The first kappa shape index (κ1) is 36.1. The highest BCUT2D eigenvalue weighted by Gasteiger charge is 2.30. The minimum absolute atomic E-state index is 0.0737. The number of hydrogen-bond acceptors (Lipinski definition) is 9. The second-order valence-electron chi connectivity index (χ2n) is 10.0. The molecule has 4 unspecified atom stereocenters. The molecule has 236 valence electrons. The standard InChI is InChI=1S/C27H47N9O6/c28-13-3-1-6-20(25(40)36-22(26(41)42)7-2-4-14-29)35-24(39)21(8-5-15-33-27(31)32)34-23(38)19(30)16-17-9-11-18(37)12-10-17/h9-12,19-22,37H,1-8,13-16,28-30H2,(H,34,38)(H,35,39)(H,36,40)(H,41,42)(H4,31,32,33). The van der Waals surface area contributed by atoms with Gasteiger partial charge in [0.2, 0.25) is 17.7 Å². The molecule has 0 spiro atoms. The van der Waals surface area contributed by atoms with Gasteiger partial charge in [-0.05, 0) is 88.6 Å². The quantitative estimate of drug-likeness (QED) is 0.0427. The lowest BCUT2D eigenvalue weighted by Crippen LogP contribution is -2.57. The Kier molecular flexibility index (Phi) is 17.2. The van der Waals surface area contributed by atoms with Crippen LogP contribution in [0, 0.1) is 0 Å². The summed E-state index contributed by atoms with van der Waals surface area (Å²) in [6.45, 7) is 0.972. The second kappa shape index (κ2) is 20.0. The van der Waals surface area contributed by atoms with Gasteiger partial charge in [0.1, 0.15) is 23.9 Å². The van der Waals surface area contributed by atoms with Crippen molar-refractivity contribution in [3.63, 3.8) is 0 Å². The van der Waals surface area contributed by atoms with Gasteiger partial charge in [-0.2, -0.15) is 0 Å². The number of hydrogen-bond donors (Lipinski definition) is 10. The summed E-state index contributed by atoms with van der Waals surface area (Å²) >= 11 is 0. The number of phenols is 1. The zero-order valence-corrected chi connectivity index (χ0v) is 24.0. The number of nitrogens with zero attached hydrogens (tertiary/aromatic N) is 1. The molecule has 0 aliphatic carbocycles. The number of carbonyl (C=O) groups is 4. The number of carboxylic acid groups (broad SMARTS) is 1. The van der Waals surface area contributed by atoms with Crippen molar-refractivity contribution in [1.82, 2.24) is 16.0 Å². The molecule has 0 aromatic heterocycles. The van der Waals surface area contributed by atoms with Crippen LogP contribution in [0.15, 0.2) is 29.3 Å². The van der Waals surface area contributed by atoms with E-state index in [1.54, 1.807) is 12.1 Å². The number of carbonyl (C=O) groups excluding carboxylic acids is 3. The number of nitrogens with two attached hydrogens (primary N) is 5. The third-order valence-corrected chi connectivity index (χ3v) is 6.45. The molecular formula is C27H47N9O6. The largest absolute Gasteiger partial charge is 0.508 e. The smallest absolute Gasteiger partial charge is 0.326 e.